The lowest BCUT2D eigenvalue weighted by Gasteiger charge is -2.26. The second-order valence-corrected chi connectivity index (χ2v) is 5.94. The van der Waals surface area contributed by atoms with Gasteiger partial charge in [-0.25, -0.2) is 0 Å². The zero-order valence-corrected chi connectivity index (χ0v) is 17.0. The fourth-order valence-electron chi connectivity index (χ4n) is 3.00. The lowest BCUT2D eigenvalue weighted by atomic mass is 10.0. The molecule has 0 aliphatic carbocycles. The lowest BCUT2D eigenvalue weighted by Crippen LogP contribution is -2.44. The molecule has 0 spiro atoms. The molecule has 1 fully saturated rings. The molecule has 1 heterocycles. The van der Waals surface area contributed by atoms with Crippen LogP contribution in [0.3, 0.4) is 0 Å². The number of nitrogens with one attached hydrogen (secondary N) is 2. The zero-order valence-electron chi connectivity index (χ0n) is 14.7. The number of benzene rings is 2. The molecule has 0 radical (unpaired) electrons. The minimum Gasteiger partial charge on any atom is -0.379 e. The van der Waals surface area contributed by atoms with E-state index in [0.29, 0.717) is 0 Å². The molecule has 0 amide bonds. The van der Waals surface area contributed by atoms with Gasteiger partial charge in [0.25, 0.3) is 0 Å². The number of halogens is 1. The third-order valence-electron chi connectivity index (χ3n) is 4.37. The van der Waals surface area contributed by atoms with E-state index < -0.39 is 0 Å². The normalized spacial score (nSPS) is 15.6. The fraction of sp³-hybridized carbons (Fsp3) is 0.421. The van der Waals surface area contributed by atoms with Crippen molar-refractivity contribution in [2.45, 2.75) is 6.54 Å². The summed E-state index contributed by atoms with van der Waals surface area (Å²) in [6.45, 7) is 6.38. The number of fused-ring (bicyclic) bond motifs is 1. The number of aliphatic imine (C=N–C) groups is 1. The van der Waals surface area contributed by atoms with Crippen LogP contribution in [0.1, 0.15) is 5.56 Å². The van der Waals surface area contributed by atoms with Crippen molar-refractivity contribution in [3.8, 4) is 0 Å². The van der Waals surface area contributed by atoms with Crippen LogP contribution in [0.25, 0.3) is 10.8 Å². The zero-order chi connectivity index (χ0) is 16.6. The van der Waals surface area contributed by atoms with E-state index in [2.05, 4.69) is 63.0 Å². The van der Waals surface area contributed by atoms with Crippen LogP contribution in [0.4, 0.5) is 0 Å². The SMILES string of the molecule is CN=C(NCCN1CCOCC1)NCc1cccc2ccccc12.I. The molecule has 136 valence electrons. The molecule has 2 aromatic carbocycles. The second kappa shape index (κ2) is 10.6. The highest BCUT2D eigenvalue weighted by atomic mass is 127. The number of ether oxygens (including phenoxy) is 1. The Balaban J connectivity index is 0.00000225. The second-order valence-electron chi connectivity index (χ2n) is 5.94. The first kappa shape index (κ1) is 19.9. The molecule has 3 rings (SSSR count). The number of hydrogen-bond donors (Lipinski definition) is 2. The van der Waals surface area contributed by atoms with Gasteiger partial charge in [-0.3, -0.25) is 9.89 Å². The van der Waals surface area contributed by atoms with Crippen LogP contribution < -0.4 is 10.6 Å². The van der Waals surface area contributed by atoms with Gasteiger partial charge in [0.05, 0.1) is 13.2 Å². The molecule has 25 heavy (non-hydrogen) atoms. The molecular formula is C19H27IN4O. The Morgan fingerprint density at radius 1 is 1.08 bits per heavy atom. The van der Waals surface area contributed by atoms with Crippen molar-refractivity contribution >= 4 is 40.7 Å². The highest BCUT2D eigenvalue weighted by Crippen LogP contribution is 2.18. The number of morpholine rings is 1. The average Bonchev–Trinajstić information content (AvgIpc) is 2.65. The Morgan fingerprint density at radius 3 is 2.64 bits per heavy atom. The molecule has 1 aliphatic heterocycles. The maximum absolute atomic E-state index is 5.37. The summed E-state index contributed by atoms with van der Waals surface area (Å²) in [5, 5.41) is 9.36. The van der Waals surface area contributed by atoms with E-state index in [0.717, 1.165) is 51.9 Å². The Bertz CT molecular complexity index is 681. The molecule has 0 unspecified atom stereocenters. The van der Waals surface area contributed by atoms with Crippen molar-refractivity contribution in [1.82, 2.24) is 15.5 Å². The van der Waals surface area contributed by atoms with Gasteiger partial charge in [0, 0.05) is 39.8 Å². The third-order valence-corrected chi connectivity index (χ3v) is 4.37. The summed E-state index contributed by atoms with van der Waals surface area (Å²) in [5.74, 6) is 0.844. The highest BCUT2D eigenvalue weighted by Gasteiger charge is 2.09. The fourth-order valence-corrected chi connectivity index (χ4v) is 3.00. The first-order chi connectivity index (χ1) is 11.9. The average molecular weight is 454 g/mol. The molecule has 6 heteroatoms. The van der Waals surface area contributed by atoms with Crippen LogP contribution in [-0.4, -0.2) is 57.3 Å². The molecule has 0 saturated carbocycles. The molecule has 2 N–H and O–H groups in total. The summed E-state index contributed by atoms with van der Waals surface area (Å²) in [6.07, 6.45) is 0. The first-order valence-electron chi connectivity index (χ1n) is 8.58. The number of guanidine groups is 1. The molecule has 0 aromatic heterocycles. The summed E-state index contributed by atoms with van der Waals surface area (Å²) in [6, 6.07) is 14.9. The molecule has 1 aliphatic rings. The third kappa shape index (κ3) is 5.83. The van der Waals surface area contributed by atoms with Crippen molar-refractivity contribution in [2.24, 2.45) is 4.99 Å². The minimum atomic E-state index is 0. The quantitative estimate of drug-likeness (QED) is 0.414. The smallest absolute Gasteiger partial charge is 0.191 e. The van der Waals surface area contributed by atoms with Crippen molar-refractivity contribution in [2.75, 3.05) is 46.4 Å². The molecular weight excluding hydrogens is 427 g/mol. The maximum Gasteiger partial charge on any atom is 0.191 e. The number of hydrogen-bond acceptors (Lipinski definition) is 3. The van der Waals surface area contributed by atoms with Gasteiger partial charge in [-0.05, 0) is 16.3 Å². The van der Waals surface area contributed by atoms with Crippen LogP contribution in [0.5, 0.6) is 0 Å². The van der Waals surface area contributed by atoms with E-state index in [1.54, 1.807) is 0 Å². The van der Waals surface area contributed by atoms with Crippen LogP contribution in [0.2, 0.25) is 0 Å². The van der Waals surface area contributed by atoms with Crippen LogP contribution in [0.15, 0.2) is 47.5 Å². The van der Waals surface area contributed by atoms with Crippen LogP contribution in [0, 0.1) is 0 Å². The predicted molar refractivity (Wildman–Crippen MR) is 115 cm³/mol. The largest absolute Gasteiger partial charge is 0.379 e. The van der Waals surface area contributed by atoms with Gasteiger partial charge in [0.1, 0.15) is 0 Å². The van der Waals surface area contributed by atoms with Gasteiger partial charge < -0.3 is 15.4 Å². The lowest BCUT2D eigenvalue weighted by molar-refractivity contribution is 0.0389. The van der Waals surface area contributed by atoms with E-state index in [4.69, 9.17) is 4.74 Å². The van der Waals surface area contributed by atoms with Crippen molar-refractivity contribution in [1.29, 1.82) is 0 Å². The summed E-state index contributed by atoms with van der Waals surface area (Å²) in [7, 11) is 1.81. The van der Waals surface area contributed by atoms with Gasteiger partial charge in [-0.15, -0.1) is 24.0 Å². The number of nitrogens with zero attached hydrogens (tertiary/aromatic N) is 2. The summed E-state index contributed by atoms with van der Waals surface area (Å²) < 4.78 is 5.37. The maximum atomic E-state index is 5.37. The van der Waals surface area contributed by atoms with E-state index in [9.17, 15) is 0 Å². The summed E-state index contributed by atoms with van der Waals surface area (Å²) >= 11 is 0. The Hall–Kier alpha value is -1.38. The van der Waals surface area contributed by atoms with Gasteiger partial charge in [0.15, 0.2) is 5.96 Å². The topological polar surface area (TPSA) is 48.9 Å². The Morgan fingerprint density at radius 2 is 1.84 bits per heavy atom. The molecule has 2 aromatic rings. The standard InChI is InChI=1S/C19H26N4O.HI/c1-20-19(21-9-10-23-11-13-24-14-12-23)22-15-17-7-4-6-16-5-2-3-8-18(16)17;/h2-8H,9-15H2,1H3,(H2,20,21,22);1H. The van der Waals surface area contributed by atoms with Crippen molar-refractivity contribution in [3.63, 3.8) is 0 Å². The van der Waals surface area contributed by atoms with Gasteiger partial charge in [0.2, 0.25) is 0 Å². The minimum absolute atomic E-state index is 0. The highest BCUT2D eigenvalue weighted by molar-refractivity contribution is 14.0. The van der Waals surface area contributed by atoms with E-state index >= 15 is 0 Å². The van der Waals surface area contributed by atoms with E-state index in [-0.39, 0.29) is 24.0 Å². The molecule has 0 atom stereocenters. The van der Waals surface area contributed by atoms with Crippen LogP contribution in [-0.2, 0) is 11.3 Å². The summed E-state index contributed by atoms with van der Waals surface area (Å²) in [5.41, 5.74) is 1.28. The van der Waals surface area contributed by atoms with Crippen LogP contribution >= 0.6 is 24.0 Å². The monoisotopic (exact) mass is 454 g/mol. The van der Waals surface area contributed by atoms with Crippen molar-refractivity contribution in [3.05, 3.63) is 48.0 Å². The van der Waals surface area contributed by atoms with Gasteiger partial charge in [-0.2, -0.15) is 0 Å². The molecule has 1 saturated heterocycles. The Kier molecular flexibility index (Phi) is 8.43. The summed E-state index contributed by atoms with van der Waals surface area (Å²) in [4.78, 5) is 6.73. The van der Waals surface area contributed by atoms with Gasteiger partial charge >= 0.3 is 0 Å². The first-order valence-corrected chi connectivity index (χ1v) is 8.58. The molecule has 0 bridgehead atoms. The molecule has 5 nitrogen and oxygen atoms in total. The van der Waals surface area contributed by atoms with E-state index in [1.807, 2.05) is 7.05 Å². The predicted octanol–water partition coefficient (Wildman–Crippen LogP) is 2.46. The van der Waals surface area contributed by atoms with Gasteiger partial charge in [-0.1, -0.05) is 42.5 Å². The van der Waals surface area contributed by atoms with E-state index in [1.165, 1.54) is 16.3 Å². The van der Waals surface area contributed by atoms with Crippen molar-refractivity contribution < 1.29 is 4.74 Å². The number of rotatable bonds is 5. The Labute approximate surface area is 166 Å².